The molecule has 0 unspecified atom stereocenters. The highest BCUT2D eigenvalue weighted by Crippen LogP contribution is 1.88. The summed E-state index contributed by atoms with van der Waals surface area (Å²) in [5.41, 5.74) is 0. The van der Waals surface area contributed by atoms with Crippen LogP contribution >= 0.6 is 0 Å². The first-order valence-corrected chi connectivity index (χ1v) is 5.46. The average molecular weight is 186 g/mol. The topological polar surface area (TPSA) is 18.5 Å². The van der Waals surface area contributed by atoms with Gasteiger partial charge in [0.1, 0.15) is 0 Å². The molecule has 0 aromatic carbocycles. The first kappa shape index (κ1) is 11.9. The van der Waals surface area contributed by atoms with Crippen molar-refractivity contribution in [3.8, 4) is 0 Å². The summed E-state index contributed by atoms with van der Waals surface area (Å²) in [5, 5.41) is 0. The first-order chi connectivity index (χ1) is 5.77. The molecule has 0 aromatic heterocycles. The van der Waals surface area contributed by atoms with Gasteiger partial charge in [-0.15, -0.1) is 0 Å². The van der Waals surface area contributed by atoms with Gasteiger partial charge in [0.25, 0.3) is 0 Å². The second-order valence-electron chi connectivity index (χ2n) is 2.69. The van der Waals surface area contributed by atoms with Gasteiger partial charge in [-0.1, -0.05) is 12.2 Å². The third-order valence-electron chi connectivity index (χ3n) is 1.18. The van der Waals surface area contributed by atoms with Crippen molar-refractivity contribution in [3.63, 3.8) is 0 Å². The van der Waals surface area contributed by atoms with E-state index < -0.39 is 0 Å². The minimum absolute atomic E-state index is 0.312. The second kappa shape index (κ2) is 8.97. The smallest absolute Gasteiger partial charge is 0.233 e. The van der Waals surface area contributed by atoms with Gasteiger partial charge in [-0.3, -0.25) is 0 Å². The van der Waals surface area contributed by atoms with Crippen LogP contribution in [0.1, 0.15) is 20.8 Å². The van der Waals surface area contributed by atoms with Gasteiger partial charge in [0.2, 0.25) is 9.76 Å². The van der Waals surface area contributed by atoms with E-state index in [1.165, 1.54) is 0 Å². The maximum absolute atomic E-state index is 5.34. The molecule has 0 rings (SSSR count). The van der Waals surface area contributed by atoms with E-state index in [9.17, 15) is 0 Å². The van der Waals surface area contributed by atoms with Gasteiger partial charge in [-0.25, -0.2) is 0 Å². The van der Waals surface area contributed by atoms with Crippen LogP contribution in [-0.4, -0.2) is 29.1 Å². The van der Waals surface area contributed by atoms with Crippen molar-refractivity contribution >= 4 is 9.76 Å². The van der Waals surface area contributed by atoms with E-state index in [1.54, 1.807) is 0 Å². The largest absolute Gasteiger partial charge is 0.415 e. The van der Waals surface area contributed by atoms with Gasteiger partial charge >= 0.3 is 0 Å². The molecule has 0 saturated heterocycles. The van der Waals surface area contributed by atoms with E-state index in [-0.39, 0.29) is 0 Å². The van der Waals surface area contributed by atoms with Crippen molar-refractivity contribution in [2.75, 3.05) is 13.2 Å². The zero-order valence-electron chi connectivity index (χ0n) is 8.17. The van der Waals surface area contributed by atoms with Gasteiger partial charge in [-0.2, -0.15) is 0 Å². The van der Waals surface area contributed by atoms with Crippen LogP contribution in [0, 0.1) is 0 Å². The Morgan fingerprint density at radius 1 is 1.33 bits per heavy atom. The molecule has 0 fully saturated rings. The molecule has 2 nitrogen and oxygen atoms in total. The molecule has 0 aliphatic heterocycles. The monoisotopic (exact) mass is 186 g/mol. The maximum atomic E-state index is 5.34. The number of allylic oxidation sites excluding steroid dienone is 2. The molecular formula is C9H18O2Si. The third-order valence-corrected chi connectivity index (χ3v) is 1.99. The van der Waals surface area contributed by atoms with Gasteiger partial charge in [-0.05, 0) is 26.8 Å². The number of rotatable bonds is 7. The predicted octanol–water partition coefficient (Wildman–Crippen LogP) is 2.04. The Balaban J connectivity index is 2.91. The van der Waals surface area contributed by atoms with Crippen LogP contribution in [0.5, 0.6) is 0 Å². The normalized spacial score (nSPS) is 11.7. The molecule has 0 bridgehead atoms. The van der Waals surface area contributed by atoms with E-state index in [0.29, 0.717) is 29.1 Å². The Morgan fingerprint density at radius 2 is 2.08 bits per heavy atom. The Kier molecular flexibility index (Phi) is 8.88. The Bertz CT molecular complexity index is 113. The Labute approximate surface area is 77.9 Å². The van der Waals surface area contributed by atoms with E-state index in [1.807, 2.05) is 26.8 Å². The fourth-order valence-corrected chi connectivity index (χ4v) is 1.30. The molecular weight excluding hydrogens is 168 g/mol. The SMILES string of the molecule is C/C=C/C[Si]OCCOC(C)C. The van der Waals surface area contributed by atoms with E-state index in [2.05, 4.69) is 6.08 Å². The summed E-state index contributed by atoms with van der Waals surface area (Å²) >= 11 is 0. The summed E-state index contributed by atoms with van der Waals surface area (Å²) in [6.45, 7) is 7.51. The van der Waals surface area contributed by atoms with Gasteiger partial charge < -0.3 is 9.16 Å². The molecule has 3 heteroatoms. The van der Waals surface area contributed by atoms with Crippen molar-refractivity contribution in [3.05, 3.63) is 12.2 Å². The third kappa shape index (κ3) is 9.88. The van der Waals surface area contributed by atoms with E-state index >= 15 is 0 Å². The summed E-state index contributed by atoms with van der Waals surface area (Å²) in [7, 11) is 0.576. The van der Waals surface area contributed by atoms with Crippen LogP contribution < -0.4 is 0 Å². The number of hydrogen-bond acceptors (Lipinski definition) is 2. The van der Waals surface area contributed by atoms with Crippen molar-refractivity contribution in [2.24, 2.45) is 0 Å². The van der Waals surface area contributed by atoms with Crippen molar-refractivity contribution in [1.29, 1.82) is 0 Å². The first-order valence-electron chi connectivity index (χ1n) is 4.34. The lowest BCUT2D eigenvalue weighted by Gasteiger charge is -2.06. The number of ether oxygens (including phenoxy) is 1. The average Bonchev–Trinajstić information content (AvgIpc) is 2.02. The molecule has 0 aliphatic carbocycles. The summed E-state index contributed by atoms with van der Waals surface area (Å²) < 4.78 is 10.6. The summed E-state index contributed by atoms with van der Waals surface area (Å²) in [6.07, 6.45) is 4.47. The minimum atomic E-state index is 0.312. The van der Waals surface area contributed by atoms with Gasteiger partial charge in [0.15, 0.2) is 0 Å². The summed E-state index contributed by atoms with van der Waals surface area (Å²) in [5.74, 6) is 0. The fourth-order valence-electron chi connectivity index (χ4n) is 0.623. The summed E-state index contributed by atoms with van der Waals surface area (Å²) in [4.78, 5) is 0. The zero-order valence-corrected chi connectivity index (χ0v) is 9.17. The molecule has 0 heterocycles. The highest BCUT2D eigenvalue weighted by molar-refractivity contribution is 6.27. The molecule has 0 atom stereocenters. The Morgan fingerprint density at radius 3 is 2.67 bits per heavy atom. The van der Waals surface area contributed by atoms with E-state index in [0.717, 1.165) is 6.04 Å². The molecule has 0 amide bonds. The standard InChI is InChI=1S/C9H18O2Si/c1-4-5-8-12-11-7-6-10-9(2)3/h4-5,9H,6-8H2,1-3H3/b5-4+. The van der Waals surface area contributed by atoms with Crippen LogP contribution in [0.3, 0.4) is 0 Å². The van der Waals surface area contributed by atoms with Crippen LogP contribution in [0.4, 0.5) is 0 Å². The van der Waals surface area contributed by atoms with Crippen LogP contribution in [0.15, 0.2) is 12.2 Å². The van der Waals surface area contributed by atoms with Gasteiger partial charge in [0, 0.05) is 0 Å². The quantitative estimate of drug-likeness (QED) is 0.344. The molecule has 12 heavy (non-hydrogen) atoms. The van der Waals surface area contributed by atoms with Gasteiger partial charge in [0.05, 0.1) is 19.3 Å². The maximum Gasteiger partial charge on any atom is 0.233 e. The molecule has 2 radical (unpaired) electrons. The zero-order chi connectivity index (χ0) is 9.23. The van der Waals surface area contributed by atoms with Crippen molar-refractivity contribution in [1.82, 2.24) is 0 Å². The lowest BCUT2D eigenvalue weighted by molar-refractivity contribution is 0.0561. The highest BCUT2D eigenvalue weighted by Gasteiger charge is 1.92. The minimum Gasteiger partial charge on any atom is -0.415 e. The number of hydrogen-bond donors (Lipinski definition) is 0. The van der Waals surface area contributed by atoms with Crippen LogP contribution in [-0.2, 0) is 9.16 Å². The molecule has 0 saturated carbocycles. The molecule has 0 aromatic rings. The molecule has 70 valence electrons. The Hall–Kier alpha value is -0.123. The van der Waals surface area contributed by atoms with Crippen molar-refractivity contribution in [2.45, 2.75) is 32.9 Å². The highest BCUT2D eigenvalue weighted by atomic mass is 28.2. The van der Waals surface area contributed by atoms with Crippen molar-refractivity contribution < 1.29 is 9.16 Å². The molecule has 0 aliphatic rings. The van der Waals surface area contributed by atoms with Crippen LogP contribution in [0.25, 0.3) is 0 Å². The summed E-state index contributed by atoms with van der Waals surface area (Å²) in [6, 6.07) is 1.03. The van der Waals surface area contributed by atoms with E-state index in [4.69, 9.17) is 9.16 Å². The molecule has 0 N–H and O–H groups in total. The molecule has 0 spiro atoms. The second-order valence-corrected chi connectivity index (χ2v) is 3.67. The van der Waals surface area contributed by atoms with Crippen LogP contribution in [0.2, 0.25) is 6.04 Å². The fraction of sp³-hybridized carbons (Fsp3) is 0.778. The lowest BCUT2D eigenvalue weighted by Crippen LogP contribution is -2.10. The predicted molar refractivity (Wildman–Crippen MR) is 52.4 cm³/mol. The lowest BCUT2D eigenvalue weighted by atomic mass is 10.5.